The van der Waals surface area contributed by atoms with Crippen molar-refractivity contribution in [2.45, 2.75) is 38.6 Å². The minimum Gasteiger partial charge on any atom is -0.391 e. The van der Waals surface area contributed by atoms with E-state index in [-0.39, 0.29) is 6.54 Å². The van der Waals surface area contributed by atoms with Crippen LogP contribution in [0.4, 0.5) is 13.2 Å². The van der Waals surface area contributed by atoms with E-state index in [2.05, 4.69) is 15.4 Å². The first kappa shape index (κ1) is 15.4. The van der Waals surface area contributed by atoms with Gasteiger partial charge < -0.3 is 5.11 Å². The molecule has 0 amide bonds. The lowest BCUT2D eigenvalue weighted by Crippen LogP contribution is -2.17. The largest absolute Gasteiger partial charge is 0.416 e. The molecule has 1 heterocycles. The highest BCUT2D eigenvalue weighted by Gasteiger charge is 2.29. The summed E-state index contributed by atoms with van der Waals surface area (Å²) in [5.74, 6) is 0.401. The summed E-state index contributed by atoms with van der Waals surface area (Å²) in [6.45, 7) is 2.08. The maximum absolute atomic E-state index is 12.4. The fourth-order valence-corrected chi connectivity index (χ4v) is 1.74. The smallest absolute Gasteiger partial charge is 0.391 e. The second-order valence-electron chi connectivity index (χ2n) is 4.69. The Labute approximate surface area is 119 Å². The van der Waals surface area contributed by atoms with Gasteiger partial charge in [0.05, 0.1) is 18.2 Å². The Balaban J connectivity index is 2.02. The van der Waals surface area contributed by atoms with Crippen molar-refractivity contribution in [3.8, 4) is 0 Å². The van der Waals surface area contributed by atoms with Crippen molar-refractivity contribution in [3.63, 3.8) is 0 Å². The molecule has 2 rings (SSSR count). The number of hydrogen-bond donors (Lipinski definition) is 1. The topological polar surface area (TPSA) is 63.8 Å². The molecule has 2 aromatic rings. The van der Waals surface area contributed by atoms with Crippen LogP contribution in [0, 0.1) is 0 Å². The number of rotatable bonds is 5. The third-order valence-electron chi connectivity index (χ3n) is 2.98. The van der Waals surface area contributed by atoms with Gasteiger partial charge in [0.25, 0.3) is 0 Å². The van der Waals surface area contributed by atoms with Gasteiger partial charge in [0.2, 0.25) is 0 Å². The molecule has 0 saturated carbocycles. The molecular formula is C13H15F3N4O. The van der Waals surface area contributed by atoms with Crippen LogP contribution >= 0.6 is 0 Å². The third kappa shape index (κ3) is 4.25. The molecule has 0 aliphatic rings. The van der Waals surface area contributed by atoms with Crippen LogP contribution in [0.2, 0.25) is 0 Å². The van der Waals surface area contributed by atoms with Gasteiger partial charge in [-0.05, 0) is 29.3 Å². The Bertz CT molecular complexity index is 580. The highest BCUT2D eigenvalue weighted by atomic mass is 19.4. The molecule has 0 saturated heterocycles. The van der Waals surface area contributed by atoms with Gasteiger partial charge in [0.15, 0.2) is 5.82 Å². The Hall–Kier alpha value is -1.96. The lowest BCUT2D eigenvalue weighted by atomic mass is 10.1. The van der Waals surface area contributed by atoms with Gasteiger partial charge in [0.1, 0.15) is 0 Å². The molecule has 0 radical (unpaired) electrons. The molecule has 0 fully saturated rings. The predicted molar refractivity (Wildman–Crippen MR) is 68.4 cm³/mol. The van der Waals surface area contributed by atoms with Crippen LogP contribution in [0.3, 0.4) is 0 Å². The number of tetrazole rings is 1. The summed E-state index contributed by atoms with van der Waals surface area (Å²) in [5.41, 5.74) is -0.0208. The highest BCUT2D eigenvalue weighted by molar-refractivity contribution is 5.26. The van der Waals surface area contributed by atoms with E-state index in [1.165, 1.54) is 16.9 Å². The number of halogens is 3. The number of aromatic nitrogens is 4. The molecule has 0 spiro atoms. The van der Waals surface area contributed by atoms with Crippen molar-refractivity contribution >= 4 is 0 Å². The standard InChI is InChI=1S/C13H15F3N4O/c1-2-11(21)8-20-18-12(17-19-20)7-9-3-5-10(6-4-9)13(14,15)16/h3-6,11,21H,2,7-8H2,1H3/t11-/m0/s1. The lowest BCUT2D eigenvalue weighted by molar-refractivity contribution is -0.137. The highest BCUT2D eigenvalue weighted by Crippen LogP contribution is 2.29. The monoisotopic (exact) mass is 300 g/mol. The SMILES string of the molecule is CC[C@H](O)Cn1nnc(Cc2ccc(C(F)(F)F)cc2)n1. The second-order valence-corrected chi connectivity index (χ2v) is 4.69. The van der Waals surface area contributed by atoms with E-state index in [9.17, 15) is 18.3 Å². The van der Waals surface area contributed by atoms with Crippen LogP contribution in [-0.2, 0) is 19.1 Å². The Morgan fingerprint density at radius 1 is 1.24 bits per heavy atom. The van der Waals surface area contributed by atoms with Crippen LogP contribution in [0.25, 0.3) is 0 Å². The maximum Gasteiger partial charge on any atom is 0.416 e. The zero-order chi connectivity index (χ0) is 15.5. The fraction of sp³-hybridized carbons (Fsp3) is 0.462. The number of hydrogen-bond acceptors (Lipinski definition) is 4. The minimum absolute atomic E-state index is 0.247. The van der Waals surface area contributed by atoms with E-state index in [1.807, 2.05) is 6.92 Å². The summed E-state index contributed by atoms with van der Waals surface area (Å²) in [6.07, 6.45) is -4.01. The number of aliphatic hydroxyl groups excluding tert-OH is 1. The Morgan fingerprint density at radius 2 is 1.90 bits per heavy atom. The van der Waals surface area contributed by atoms with E-state index in [0.29, 0.717) is 24.2 Å². The van der Waals surface area contributed by atoms with Gasteiger partial charge >= 0.3 is 6.18 Å². The Morgan fingerprint density at radius 3 is 2.48 bits per heavy atom. The van der Waals surface area contributed by atoms with E-state index < -0.39 is 17.8 Å². The van der Waals surface area contributed by atoms with Crippen molar-refractivity contribution in [1.29, 1.82) is 0 Å². The molecule has 8 heteroatoms. The molecule has 0 aliphatic carbocycles. The molecule has 1 aromatic carbocycles. The van der Waals surface area contributed by atoms with Gasteiger partial charge in [-0.1, -0.05) is 19.1 Å². The molecule has 0 bridgehead atoms. The fourth-order valence-electron chi connectivity index (χ4n) is 1.74. The summed E-state index contributed by atoms with van der Waals surface area (Å²) in [7, 11) is 0. The molecule has 0 aliphatic heterocycles. The van der Waals surface area contributed by atoms with Crippen LogP contribution in [0.1, 0.15) is 30.3 Å². The zero-order valence-corrected chi connectivity index (χ0v) is 11.4. The minimum atomic E-state index is -4.34. The molecule has 5 nitrogen and oxygen atoms in total. The second kappa shape index (κ2) is 6.21. The van der Waals surface area contributed by atoms with Crippen molar-refractivity contribution < 1.29 is 18.3 Å². The van der Waals surface area contributed by atoms with Gasteiger partial charge in [-0.3, -0.25) is 0 Å². The molecule has 114 valence electrons. The third-order valence-corrected chi connectivity index (χ3v) is 2.98. The average Bonchev–Trinajstić information content (AvgIpc) is 2.85. The van der Waals surface area contributed by atoms with Crippen molar-refractivity contribution in [1.82, 2.24) is 20.2 Å². The predicted octanol–water partition coefficient (Wildman–Crippen LogP) is 2.05. The normalized spacial score (nSPS) is 13.4. The van der Waals surface area contributed by atoms with Crippen LogP contribution in [0.15, 0.2) is 24.3 Å². The van der Waals surface area contributed by atoms with E-state index in [4.69, 9.17) is 0 Å². The van der Waals surface area contributed by atoms with Gasteiger partial charge in [-0.25, -0.2) is 0 Å². The van der Waals surface area contributed by atoms with Crippen molar-refractivity contribution in [2.75, 3.05) is 0 Å². The van der Waals surface area contributed by atoms with E-state index in [0.717, 1.165) is 12.1 Å². The van der Waals surface area contributed by atoms with Crippen LogP contribution in [0.5, 0.6) is 0 Å². The van der Waals surface area contributed by atoms with Gasteiger partial charge in [-0.2, -0.15) is 18.0 Å². The van der Waals surface area contributed by atoms with Crippen LogP contribution in [-0.4, -0.2) is 31.4 Å². The number of benzene rings is 1. The molecular weight excluding hydrogens is 285 g/mol. The average molecular weight is 300 g/mol. The number of alkyl halides is 3. The summed E-state index contributed by atoms with van der Waals surface area (Å²) < 4.78 is 37.3. The maximum atomic E-state index is 12.4. The number of aliphatic hydroxyl groups is 1. The first-order valence-corrected chi connectivity index (χ1v) is 6.49. The summed E-state index contributed by atoms with van der Waals surface area (Å²) in [5, 5.41) is 21.2. The van der Waals surface area contributed by atoms with Gasteiger partial charge in [-0.15, -0.1) is 10.2 Å². The van der Waals surface area contributed by atoms with E-state index >= 15 is 0 Å². The number of nitrogens with zero attached hydrogens (tertiary/aromatic N) is 4. The quantitative estimate of drug-likeness (QED) is 0.918. The first-order valence-electron chi connectivity index (χ1n) is 6.49. The van der Waals surface area contributed by atoms with Crippen molar-refractivity contribution in [2.24, 2.45) is 0 Å². The molecule has 1 N–H and O–H groups in total. The van der Waals surface area contributed by atoms with Crippen LogP contribution < -0.4 is 0 Å². The van der Waals surface area contributed by atoms with E-state index in [1.54, 1.807) is 0 Å². The summed E-state index contributed by atoms with van der Waals surface area (Å²) >= 11 is 0. The zero-order valence-electron chi connectivity index (χ0n) is 11.4. The lowest BCUT2D eigenvalue weighted by Gasteiger charge is -2.06. The van der Waals surface area contributed by atoms with Crippen molar-refractivity contribution in [3.05, 3.63) is 41.2 Å². The summed E-state index contributed by atoms with van der Waals surface area (Å²) in [6, 6.07) is 4.84. The molecule has 21 heavy (non-hydrogen) atoms. The van der Waals surface area contributed by atoms with Gasteiger partial charge in [0, 0.05) is 6.42 Å². The summed E-state index contributed by atoms with van der Waals surface area (Å²) in [4.78, 5) is 1.29. The molecule has 0 unspecified atom stereocenters. The Kier molecular flexibility index (Phi) is 4.56. The first-order chi connectivity index (χ1) is 9.88. The molecule has 1 aromatic heterocycles. The molecule has 1 atom stereocenters.